The zero-order chi connectivity index (χ0) is 11.5. The topological polar surface area (TPSA) is 47.6 Å². The van der Waals surface area contributed by atoms with Gasteiger partial charge >= 0.3 is 0 Å². The summed E-state index contributed by atoms with van der Waals surface area (Å²) >= 11 is 0. The van der Waals surface area contributed by atoms with E-state index in [1.165, 1.54) is 11.1 Å². The Bertz CT molecular complexity index is 321. The molecule has 0 saturated heterocycles. The van der Waals surface area contributed by atoms with Crippen molar-refractivity contribution in [1.82, 2.24) is 0 Å². The molecule has 0 fully saturated rings. The lowest BCUT2D eigenvalue weighted by atomic mass is 10.1. The highest BCUT2D eigenvalue weighted by molar-refractivity contribution is 5.23. The first-order valence-corrected chi connectivity index (χ1v) is 4.98. The standard InChI is InChI=1S/C8H10.C5H6N2/c1-7-5-3-4-6-8(7)2;6-4-2-1-3-5-7/h3-6H,1-2H3;1-3H2. The van der Waals surface area contributed by atoms with Gasteiger partial charge in [-0.3, -0.25) is 0 Å². The molecule has 0 atom stereocenters. The third-order valence-electron chi connectivity index (χ3n) is 2.00. The summed E-state index contributed by atoms with van der Waals surface area (Å²) in [7, 11) is 0. The van der Waals surface area contributed by atoms with Gasteiger partial charge in [-0.05, 0) is 31.4 Å². The fourth-order valence-corrected chi connectivity index (χ4v) is 0.909. The molecule has 1 rings (SSSR count). The second-order valence-corrected chi connectivity index (χ2v) is 3.25. The third-order valence-corrected chi connectivity index (χ3v) is 2.00. The summed E-state index contributed by atoms with van der Waals surface area (Å²) in [4.78, 5) is 0. The second-order valence-electron chi connectivity index (χ2n) is 3.25. The molecule has 1 aromatic rings. The van der Waals surface area contributed by atoms with E-state index in [1.807, 2.05) is 12.1 Å². The summed E-state index contributed by atoms with van der Waals surface area (Å²) in [6.45, 7) is 4.24. The van der Waals surface area contributed by atoms with Gasteiger partial charge in [-0.25, -0.2) is 0 Å². The van der Waals surface area contributed by atoms with Crippen LogP contribution in [0.4, 0.5) is 0 Å². The summed E-state index contributed by atoms with van der Waals surface area (Å²) in [5.41, 5.74) is 2.74. The second kappa shape index (κ2) is 8.78. The lowest BCUT2D eigenvalue weighted by molar-refractivity contribution is 0.885. The Labute approximate surface area is 91.8 Å². The first-order chi connectivity index (χ1) is 7.22. The number of rotatable bonds is 2. The Kier molecular flexibility index (Phi) is 7.73. The zero-order valence-corrected chi connectivity index (χ0v) is 9.33. The first-order valence-electron chi connectivity index (χ1n) is 4.98. The quantitative estimate of drug-likeness (QED) is 0.686. The number of benzene rings is 1. The van der Waals surface area contributed by atoms with Crippen LogP contribution in [0.25, 0.3) is 0 Å². The predicted molar refractivity (Wildman–Crippen MR) is 61.0 cm³/mol. The third kappa shape index (κ3) is 7.28. The first kappa shape index (κ1) is 13.2. The van der Waals surface area contributed by atoms with Gasteiger partial charge < -0.3 is 0 Å². The van der Waals surface area contributed by atoms with Gasteiger partial charge in [0.15, 0.2) is 0 Å². The Balaban J connectivity index is 0.000000265. The SMILES string of the molecule is Cc1ccccc1C.N#CCCCC#N. The van der Waals surface area contributed by atoms with E-state index in [9.17, 15) is 0 Å². The van der Waals surface area contributed by atoms with Gasteiger partial charge in [0.1, 0.15) is 0 Å². The van der Waals surface area contributed by atoms with Crippen molar-refractivity contribution in [2.24, 2.45) is 0 Å². The van der Waals surface area contributed by atoms with E-state index in [1.54, 1.807) is 0 Å². The molecule has 0 spiro atoms. The van der Waals surface area contributed by atoms with Crippen molar-refractivity contribution in [3.63, 3.8) is 0 Å². The Morgan fingerprint density at radius 1 is 0.933 bits per heavy atom. The summed E-state index contributed by atoms with van der Waals surface area (Å²) < 4.78 is 0. The molecular weight excluding hydrogens is 184 g/mol. The van der Waals surface area contributed by atoms with Crippen molar-refractivity contribution in [1.29, 1.82) is 10.5 Å². The van der Waals surface area contributed by atoms with Crippen LogP contribution in [0.2, 0.25) is 0 Å². The number of nitriles is 2. The highest BCUT2D eigenvalue weighted by Crippen LogP contribution is 2.02. The van der Waals surface area contributed by atoms with Gasteiger partial charge in [-0.15, -0.1) is 0 Å². The van der Waals surface area contributed by atoms with Crippen LogP contribution in [0.3, 0.4) is 0 Å². The molecule has 0 radical (unpaired) electrons. The van der Waals surface area contributed by atoms with E-state index in [2.05, 4.69) is 38.1 Å². The molecule has 0 aliphatic rings. The van der Waals surface area contributed by atoms with Crippen LogP contribution >= 0.6 is 0 Å². The Hall–Kier alpha value is -1.80. The van der Waals surface area contributed by atoms with Crippen LogP contribution in [0.5, 0.6) is 0 Å². The van der Waals surface area contributed by atoms with Gasteiger partial charge in [0.05, 0.1) is 12.1 Å². The number of hydrogen-bond donors (Lipinski definition) is 0. The minimum absolute atomic E-state index is 0.508. The highest BCUT2D eigenvalue weighted by atomic mass is 14.2. The van der Waals surface area contributed by atoms with E-state index in [4.69, 9.17) is 10.5 Å². The molecule has 0 aliphatic heterocycles. The van der Waals surface area contributed by atoms with Gasteiger partial charge in [0.25, 0.3) is 0 Å². The van der Waals surface area contributed by atoms with Crippen LogP contribution < -0.4 is 0 Å². The molecule has 2 nitrogen and oxygen atoms in total. The average molecular weight is 200 g/mol. The lowest BCUT2D eigenvalue weighted by Crippen LogP contribution is -1.74. The van der Waals surface area contributed by atoms with E-state index in [0.29, 0.717) is 19.3 Å². The molecule has 0 aliphatic carbocycles. The molecule has 15 heavy (non-hydrogen) atoms. The molecule has 0 unspecified atom stereocenters. The van der Waals surface area contributed by atoms with E-state index in [0.717, 1.165) is 0 Å². The van der Waals surface area contributed by atoms with Crippen LogP contribution in [-0.2, 0) is 0 Å². The van der Waals surface area contributed by atoms with E-state index in [-0.39, 0.29) is 0 Å². The van der Waals surface area contributed by atoms with Gasteiger partial charge in [0, 0.05) is 12.8 Å². The van der Waals surface area contributed by atoms with E-state index >= 15 is 0 Å². The number of hydrogen-bond acceptors (Lipinski definition) is 2. The van der Waals surface area contributed by atoms with Crippen molar-refractivity contribution in [3.05, 3.63) is 35.4 Å². The summed E-state index contributed by atoms with van der Waals surface area (Å²) in [6.07, 6.45) is 1.73. The maximum absolute atomic E-state index is 7.93. The maximum atomic E-state index is 7.93. The van der Waals surface area contributed by atoms with Gasteiger partial charge in [-0.2, -0.15) is 10.5 Å². The zero-order valence-electron chi connectivity index (χ0n) is 9.33. The van der Waals surface area contributed by atoms with Crippen LogP contribution in [0.15, 0.2) is 24.3 Å². The molecular formula is C13H16N2. The predicted octanol–water partition coefficient (Wildman–Crippen LogP) is 3.51. The van der Waals surface area contributed by atoms with Crippen LogP contribution in [0, 0.1) is 36.5 Å². The Morgan fingerprint density at radius 3 is 1.60 bits per heavy atom. The van der Waals surface area contributed by atoms with Crippen molar-refractivity contribution in [2.75, 3.05) is 0 Å². The molecule has 0 N–H and O–H groups in total. The summed E-state index contributed by atoms with van der Waals surface area (Å²) in [5.74, 6) is 0. The van der Waals surface area contributed by atoms with Gasteiger partial charge in [-0.1, -0.05) is 24.3 Å². The normalized spacial score (nSPS) is 8.00. The number of unbranched alkanes of at least 4 members (excludes halogenated alkanes) is 2. The van der Waals surface area contributed by atoms with Gasteiger partial charge in [0.2, 0.25) is 0 Å². The van der Waals surface area contributed by atoms with Crippen molar-refractivity contribution >= 4 is 0 Å². The monoisotopic (exact) mass is 200 g/mol. The minimum Gasteiger partial charge on any atom is -0.198 e. The molecule has 78 valence electrons. The number of aryl methyl sites for hydroxylation is 2. The molecule has 0 heterocycles. The molecule has 0 saturated carbocycles. The maximum Gasteiger partial charge on any atom is 0.0622 e. The van der Waals surface area contributed by atoms with Crippen LogP contribution in [-0.4, -0.2) is 0 Å². The fraction of sp³-hybridized carbons (Fsp3) is 0.385. The summed E-state index contributed by atoms with van der Waals surface area (Å²) in [6, 6.07) is 12.3. The molecule has 0 amide bonds. The average Bonchev–Trinajstić information content (AvgIpc) is 2.24. The van der Waals surface area contributed by atoms with Crippen molar-refractivity contribution in [3.8, 4) is 12.1 Å². The highest BCUT2D eigenvalue weighted by Gasteiger charge is 1.83. The minimum atomic E-state index is 0.508. The lowest BCUT2D eigenvalue weighted by Gasteiger charge is -1.93. The summed E-state index contributed by atoms with van der Waals surface area (Å²) in [5, 5.41) is 15.9. The molecule has 2 heteroatoms. The molecule has 1 aromatic carbocycles. The van der Waals surface area contributed by atoms with Crippen LogP contribution in [0.1, 0.15) is 30.4 Å². The van der Waals surface area contributed by atoms with E-state index < -0.39 is 0 Å². The molecule has 0 bridgehead atoms. The fourth-order valence-electron chi connectivity index (χ4n) is 0.909. The number of nitrogens with zero attached hydrogens (tertiary/aromatic N) is 2. The Morgan fingerprint density at radius 2 is 1.33 bits per heavy atom. The largest absolute Gasteiger partial charge is 0.198 e. The van der Waals surface area contributed by atoms with Crippen molar-refractivity contribution in [2.45, 2.75) is 33.1 Å². The molecule has 0 aromatic heterocycles. The van der Waals surface area contributed by atoms with Crippen molar-refractivity contribution < 1.29 is 0 Å². The smallest absolute Gasteiger partial charge is 0.0622 e.